The van der Waals surface area contributed by atoms with E-state index in [4.69, 9.17) is 5.73 Å². The monoisotopic (exact) mass is 444 g/mol. The van der Waals surface area contributed by atoms with E-state index in [-0.39, 0.29) is 24.4 Å². The van der Waals surface area contributed by atoms with Gasteiger partial charge in [0.25, 0.3) is 0 Å². The zero-order chi connectivity index (χ0) is 23.5. The number of nitrogens with zero attached hydrogens (tertiary/aromatic N) is 2. The Bertz CT molecular complexity index is 1160. The number of fused-ring (bicyclic) bond motifs is 1. The minimum atomic E-state index is -0.815. The van der Waals surface area contributed by atoms with Crippen LogP contribution in [-0.2, 0) is 16.0 Å². The fraction of sp³-hybridized carbons (Fsp3) is 0.269. The van der Waals surface area contributed by atoms with Crippen LogP contribution in [0.2, 0.25) is 0 Å². The third-order valence-electron chi connectivity index (χ3n) is 5.73. The fourth-order valence-electron chi connectivity index (χ4n) is 4.06. The Balaban J connectivity index is 1.71. The van der Waals surface area contributed by atoms with Crippen molar-refractivity contribution in [3.8, 4) is 11.1 Å². The van der Waals surface area contributed by atoms with Crippen LogP contribution in [0, 0.1) is 5.92 Å². The Morgan fingerprint density at radius 1 is 1.15 bits per heavy atom. The van der Waals surface area contributed by atoms with Gasteiger partial charge in [-0.3, -0.25) is 14.5 Å². The average molecular weight is 445 g/mol. The van der Waals surface area contributed by atoms with Crippen molar-refractivity contribution < 1.29 is 14.7 Å². The number of carbonyl (C=O) groups excluding carboxylic acids is 2. The first-order chi connectivity index (χ1) is 15.9. The first-order valence-electron chi connectivity index (χ1n) is 11.1. The maximum atomic E-state index is 13.5. The number of aromatic nitrogens is 1. The molecule has 33 heavy (non-hydrogen) atoms. The largest absolute Gasteiger partial charge is 0.387 e. The molecule has 1 aliphatic heterocycles. The Labute approximate surface area is 193 Å². The molecule has 0 bridgehead atoms. The highest BCUT2D eigenvalue weighted by Gasteiger charge is 2.39. The van der Waals surface area contributed by atoms with Gasteiger partial charge in [-0.05, 0) is 60.7 Å². The van der Waals surface area contributed by atoms with Crippen LogP contribution in [0.3, 0.4) is 0 Å². The lowest BCUT2D eigenvalue weighted by molar-refractivity contribution is -0.134. The van der Waals surface area contributed by atoms with Gasteiger partial charge in [0.2, 0.25) is 11.8 Å². The van der Waals surface area contributed by atoms with Crippen molar-refractivity contribution in [1.29, 1.82) is 0 Å². The summed E-state index contributed by atoms with van der Waals surface area (Å²) in [6.07, 6.45) is 1.27. The highest BCUT2D eigenvalue weighted by molar-refractivity contribution is 6.13. The maximum Gasteiger partial charge on any atom is 0.245 e. The molecule has 1 aromatic heterocycles. The Morgan fingerprint density at radius 3 is 2.61 bits per heavy atom. The molecule has 2 heterocycles. The van der Waals surface area contributed by atoms with Crippen molar-refractivity contribution in [3.63, 3.8) is 0 Å². The fourth-order valence-corrected chi connectivity index (χ4v) is 4.06. The quantitative estimate of drug-likeness (QED) is 0.506. The third kappa shape index (κ3) is 4.65. The molecular formula is C26H28N4O3. The number of hydrogen-bond donors (Lipinski definition) is 3. The molecule has 0 spiro atoms. The topological polar surface area (TPSA) is 109 Å². The van der Waals surface area contributed by atoms with Gasteiger partial charge in [0.15, 0.2) is 0 Å². The van der Waals surface area contributed by atoms with Crippen LogP contribution in [0.4, 0.5) is 11.5 Å². The number of carbonyl (C=O) groups is 2. The van der Waals surface area contributed by atoms with Gasteiger partial charge in [0.05, 0.1) is 11.8 Å². The summed E-state index contributed by atoms with van der Waals surface area (Å²) in [5.74, 6) is -0.836. The molecular weight excluding hydrogens is 416 g/mol. The number of anilines is 2. The zero-order valence-corrected chi connectivity index (χ0v) is 18.7. The predicted octanol–water partition coefficient (Wildman–Crippen LogP) is 3.10. The van der Waals surface area contributed by atoms with Crippen molar-refractivity contribution in [2.24, 2.45) is 11.7 Å². The molecule has 0 fully saturated rings. The first kappa shape index (κ1) is 22.6. The summed E-state index contributed by atoms with van der Waals surface area (Å²) in [5.41, 5.74) is 9.63. The van der Waals surface area contributed by atoms with Gasteiger partial charge in [-0.15, -0.1) is 0 Å². The minimum Gasteiger partial charge on any atom is -0.387 e. The Hall–Kier alpha value is -3.55. The lowest BCUT2D eigenvalue weighted by Gasteiger charge is -2.33. The predicted molar refractivity (Wildman–Crippen MR) is 128 cm³/mol. The average Bonchev–Trinajstić information content (AvgIpc) is 2.83. The van der Waals surface area contributed by atoms with Crippen LogP contribution in [0.1, 0.15) is 31.1 Å². The molecule has 3 aromatic rings. The van der Waals surface area contributed by atoms with Crippen LogP contribution in [0.25, 0.3) is 11.1 Å². The van der Waals surface area contributed by atoms with E-state index in [0.29, 0.717) is 17.9 Å². The summed E-state index contributed by atoms with van der Waals surface area (Å²) in [4.78, 5) is 32.3. The van der Waals surface area contributed by atoms with E-state index in [0.717, 1.165) is 22.3 Å². The van der Waals surface area contributed by atoms with E-state index in [1.807, 2.05) is 74.5 Å². The van der Waals surface area contributed by atoms with Gasteiger partial charge in [-0.1, -0.05) is 42.5 Å². The Morgan fingerprint density at radius 2 is 1.91 bits per heavy atom. The SMILES string of the molecule is CC(C)NC(=O)C1Cc2cccnc2N(c2cccc(-c3ccc(C(O)CN)cc3)c2)C1=O. The van der Waals surface area contributed by atoms with E-state index in [1.54, 1.807) is 11.1 Å². The molecule has 0 saturated heterocycles. The Kier molecular flexibility index (Phi) is 6.53. The zero-order valence-electron chi connectivity index (χ0n) is 18.7. The van der Waals surface area contributed by atoms with E-state index in [2.05, 4.69) is 10.3 Å². The number of benzene rings is 2. The van der Waals surface area contributed by atoms with Gasteiger partial charge in [0, 0.05) is 18.8 Å². The van der Waals surface area contributed by atoms with E-state index < -0.39 is 12.0 Å². The van der Waals surface area contributed by atoms with Gasteiger partial charge >= 0.3 is 0 Å². The molecule has 2 atom stereocenters. The van der Waals surface area contributed by atoms with E-state index >= 15 is 0 Å². The smallest absolute Gasteiger partial charge is 0.245 e. The summed E-state index contributed by atoms with van der Waals surface area (Å²) in [5, 5.41) is 12.8. The molecule has 170 valence electrons. The molecule has 4 rings (SSSR count). The molecule has 2 aromatic carbocycles. The van der Waals surface area contributed by atoms with E-state index in [1.165, 1.54) is 0 Å². The second kappa shape index (κ2) is 9.52. The summed E-state index contributed by atoms with van der Waals surface area (Å²) >= 11 is 0. The molecule has 7 heteroatoms. The van der Waals surface area contributed by atoms with Crippen molar-refractivity contribution in [2.45, 2.75) is 32.4 Å². The molecule has 4 N–H and O–H groups in total. The number of aliphatic hydroxyl groups excluding tert-OH is 1. The summed E-state index contributed by atoms with van der Waals surface area (Å²) in [6, 6.07) is 18.8. The van der Waals surface area contributed by atoms with Crippen LogP contribution in [0.5, 0.6) is 0 Å². The maximum absolute atomic E-state index is 13.5. The molecule has 2 unspecified atom stereocenters. The number of rotatable bonds is 6. The number of nitrogens with one attached hydrogen (secondary N) is 1. The van der Waals surface area contributed by atoms with Crippen LogP contribution in [-0.4, -0.2) is 34.5 Å². The first-order valence-corrected chi connectivity index (χ1v) is 11.1. The number of aliphatic hydroxyl groups is 1. The van der Waals surface area contributed by atoms with Crippen molar-refractivity contribution >= 4 is 23.3 Å². The second-order valence-electron chi connectivity index (χ2n) is 8.50. The summed E-state index contributed by atoms with van der Waals surface area (Å²) in [7, 11) is 0. The molecule has 7 nitrogen and oxygen atoms in total. The van der Waals surface area contributed by atoms with Crippen molar-refractivity contribution in [1.82, 2.24) is 10.3 Å². The highest BCUT2D eigenvalue weighted by atomic mass is 16.3. The number of hydrogen-bond acceptors (Lipinski definition) is 5. The molecule has 0 aliphatic carbocycles. The van der Waals surface area contributed by atoms with Crippen molar-refractivity contribution in [3.05, 3.63) is 78.0 Å². The molecule has 1 aliphatic rings. The van der Waals surface area contributed by atoms with Gasteiger partial charge in [-0.2, -0.15) is 0 Å². The van der Waals surface area contributed by atoms with E-state index in [9.17, 15) is 14.7 Å². The lowest BCUT2D eigenvalue weighted by Crippen LogP contribution is -2.47. The summed E-state index contributed by atoms with van der Waals surface area (Å²) < 4.78 is 0. The van der Waals surface area contributed by atoms with Gasteiger partial charge < -0.3 is 16.2 Å². The van der Waals surface area contributed by atoms with Gasteiger partial charge in [0.1, 0.15) is 11.7 Å². The van der Waals surface area contributed by atoms with Crippen LogP contribution in [0.15, 0.2) is 66.9 Å². The van der Waals surface area contributed by atoms with Crippen molar-refractivity contribution in [2.75, 3.05) is 11.4 Å². The number of amides is 2. The third-order valence-corrected chi connectivity index (χ3v) is 5.73. The van der Waals surface area contributed by atoms with Gasteiger partial charge in [-0.25, -0.2) is 4.98 Å². The van der Waals surface area contributed by atoms with Crippen LogP contribution < -0.4 is 16.0 Å². The summed E-state index contributed by atoms with van der Waals surface area (Å²) in [6.45, 7) is 3.91. The number of nitrogens with two attached hydrogens (primary N) is 1. The second-order valence-corrected chi connectivity index (χ2v) is 8.50. The lowest BCUT2D eigenvalue weighted by atomic mass is 9.92. The molecule has 0 saturated carbocycles. The molecule has 2 amide bonds. The number of pyridine rings is 1. The van der Waals surface area contributed by atoms with Crippen LogP contribution >= 0.6 is 0 Å². The standard InChI is InChI=1S/C26H28N4O3/c1-16(2)29-25(32)22-14-20-6-4-12-28-24(20)30(26(22)33)21-7-3-5-19(13-21)17-8-10-18(11-9-17)23(31)15-27/h3-13,16,22-23,31H,14-15,27H2,1-2H3,(H,29,32). The normalized spacial score (nSPS) is 16.5. The minimum absolute atomic E-state index is 0.0573. The highest BCUT2D eigenvalue weighted by Crippen LogP contribution is 2.36. The molecule has 0 radical (unpaired) electrons.